The average Bonchev–Trinajstić information content (AvgIpc) is 2.78. The van der Waals surface area contributed by atoms with Crippen LogP contribution in [-0.2, 0) is 4.74 Å². The summed E-state index contributed by atoms with van der Waals surface area (Å²) in [5.74, 6) is -1.26. The number of ether oxygens (including phenoxy) is 2. The summed E-state index contributed by atoms with van der Waals surface area (Å²) in [6.45, 7) is 3.65. The molecule has 1 aromatic carbocycles. The number of nitrogens with zero attached hydrogens (tertiary/aromatic N) is 1. The van der Waals surface area contributed by atoms with Crippen LogP contribution in [0.25, 0.3) is 0 Å². The summed E-state index contributed by atoms with van der Waals surface area (Å²) >= 11 is 0. The second-order valence-corrected chi connectivity index (χ2v) is 4.08. The Morgan fingerprint density at radius 3 is 2.80 bits per heavy atom. The van der Waals surface area contributed by atoms with Crippen LogP contribution in [0.4, 0.5) is 10.1 Å². The summed E-state index contributed by atoms with van der Waals surface area (Å²) in [5, 5.41) is 6.49. The van der Waals surface area contributed by atoms with Gasteiger partial charge in [0.2, 0.25) is 5.88 Å². The van der Waals surface area contributed by atoms with Gasteiger partial charge in [0.1, 0.15) is 0 Å². The van der Waals surface area contributed by atoms with Crippen LogP contribution in [0.3, 0.4) is 0 Å². The normalized spacial score (nSPS) is 10.3. The van der Waals surface area contributed by atoms with Crippen LogP contribution in [0.2, 0.25) is 0 Å². The number of nitrogens with two attached hydrogens (primary N) is 1. The number of aryl methyl sites for hydroxylation is 1. The highest BCUT2D eigenvalue weighted by Gasteiger charge is 2.17. The zero-order valence-corrected chi connectivity index (χ0v) is 11.1. The average molecular weight is 279 g/mol. The van der Waals surface area contributed by atoms with Gasteiger partial charge in [-0.2, -0.15) is 0 Å². The Balaban J connectivity index is 2.33. The third-order valence-corrected chi connectivity index (χ3v) is 2.50. The lowest BCUT2D eigenvalue weighted by Gasteiger charge is -2.09. The maximum absolute atomic E-state index is 13.8. The van der Waals surface area contributed by atoms with Crippen molar-refractivity contribution in [3.05, 3.63) is 35.3 Å². The first-order valence-electron chi connectivity index (χ1n) is 5.97. The van der Waals surface area contributed by atoms with Crippen molar-refractivity contribution < 1.29 is 18.7 Å². The predicted molar refractivity (Wildman–Crippen MR) is 70.2 cm³/mol. The number of aromatic amines is 1. The van der Waals surface area contributed by atoms with Crippen molar-refractivity contribution in [1.82, 2.24) is 10.2 Å². The summed E-state index contributed by atoms with van der Waals surface area (Å²) in [5.41, 5.74) is 6.41. The van der Waals surface area contributed by atoms with Crippen molar-refractivity contribution in [2.75, 3.05) is 12.3 Å². The molecule has 1 aromatic heterocycles. The van der Waals surface area contributed by atoms with E-state index >= 15 is 0 Å². The molecule has 3 N–H and O–H groups in total. The molecule has 0 unspecified atom stereocenters. The number of hydrogen-bond donors (Lipinski definition) is 2. The van der Waals surface area contributed by atoms with Gasteiger partial charge in [-0.15, -0.1) is 5.10 Å². The first-order chi connectivity index (χ1) is 9.51. The zero-order valence-electron chi connectivity index (χ0n) is 11.1. The lowest BCUT2D eigenvalue weighted by molar-refractivity contribution is 0.0527. The smallest absolute Gasteiger partial charge is 0.340 e. The Morgan fingerprint density at radius 2 is 2.20 bits per heavy atom. The van der Waals surface area contributed by atoms with E-state index < -0.39 is 11.8 Å². The fourth-order valence-electron chi connectivity index (χ4n) is 1.59. The van der Waals surface area contributed by atoms with E-state index in [1.54, 1.807) is 19.9 Å². The Kier molecular flexibility index (Phi) is 3.88. The number of nitrogen functional groups attached to an aromatic ring is 1. The molecule has 0 bridgehead atoms. The maximum Gasteiger partial charge on any atom is 0.340 e. The van der Waals surface area contributed by atoms with Gasteiger partial charge in [-0.25, -0.2) is 9.18 Å². The number of halogens is 1. The second-order valence-electron chi connectivity index (χ2n) is 4.08. The molecule has 20 heavy (non-hydrogen) atoms. The molecule has 0 saturated carbocycles. The Labute approximate surface area is 114 Å². The fraction of sp³-hybridized carbons (Fsp3) is 0.231. The summed E-state index contributed by atoms with van der Waals surface area (Å²) in [6.07, 6.45) is 0. The van der Waals surface area contributed by atoms with E-state index in [1.807, 2.05) is 0 Å². The van der Waals surface area contributed by atoms with Crippen molar-refractivity contribution in [2.45, 2.75) is 13.8 Å². The quantitative estimate of drug-likeness (QED) is 0.662. The summed E-state index contributed by atoms with van der Waals surface area (Å²) < 4.78 is 23.9. The molecule has 0 atom stereocenters. The van der Waals surface area contributed by atoms with Crippen molar-refractivity contribution in [3.8, 4) is 11.6 Å². The Bertz CT molecular complexity index is 640. The molecule has 7 heteroatoms. The van der Waals surface area contributed by atoms with E-state index in [0.717, 1.165) is 11.8 Å². The molecular formula is C13H14FN3O3. The van der Waals surface area contributed by atoms with Gasteiger partial charge in [0.05, 0.1) is 12.2 Å². The second kappa shape index (κ2) is 5.60. The van der Waals surface area contributed by atoms with Crippen LogP contribution in [0, 0.1) is 12.7 Å². The van der Waals surface area contributed by atoms with Crippen LogP contribution < -0.4 is 10.5 Å². The van der Waals surface area contributed by atoms with Crippen molar-refractivity contribution >= 4 is 11.7 Å². The van der Waals surface area contributed by atoms with Crippen molar-refractivity contribution in [3.63, 3.8) is 0 Å². The third kappa shape index (κ3) is 2.87. The molecule has 0 amide bonds. The highest BCUT2D eigenvalue weighted by atomic mass is 19.1. The number of hydrogen-bond acceptors (Lipinski definition) is 5. The van der Waals surface area contributed by atoms with Crippen molar-refractivity contribution in [2.24, 2.45) is 0 Å². The maximum atomic E-state index is 13.8. The molecular weight excluding hydrogens is 265 g/mol. The molecule has 0 fully saturated rings. The fourth-order valence-corrected chi connectivity index (χ4v) is 1.59. The molecule has 0 radical (unpaired) electrons. The van der Waals surface area contributed by atoms with Gasteiger partial charge >= 0.3 is 5.97 Å². The highest BCUT2D eigenvalue weighted by Crippen LogP contribution is 2.28. The number of rotatable bonds is 4. The Hall–Kier alpha value is -2.57. The predicted octanol–water partition coefficient (Wildman–Crippen LogP) is 2.41. The lowest BCUT2D eigenvalue weighted by Crippen LogP contribution is -2.09. The van der Waals surface area contributed by atoms with Gasteiger partial charge in [-0.3, -0.25) is 5.10 Å². The Morgan fingerprint density at radius 1 is 1.45 bits per heavy atom. The molecule has 2 aromatic rings. The summed E-state index contributed by atoms with van der Waals surface area (Å²) in [6, 6.07) is 3.81. The van der Waals surface area contributed by atoms with Crippen LogP contribution in [0.15, 0.2) is 18.2 Å². The number of anilines is 1. The van der Waals surface area contributed by atoms with Crippen LogP contribution in [-0.4, -0.2) is 22.8 Å². The number of aromatic nitrogens is 2. The minimum Gasteiger partial charge on any atom is -0.462 e. The van der Waals surface area contributed by atoms with Crippen molar-refractivity contribution in [1.29, 1.82) is 0 Å². The van der Waals surface area contributed by atoms with E-state index in [1.165, 1.54) is 6.07 Å². The first-order valence-corrected chi connectivity index (χ1v) is 5.97. The third-order valence-electron chi connectivity index (χ3n) is 2.50. The number of H-pyrrole nitrogens is 1. The van der Waals surface area contributed by atoms with Gasteiger partial charge in [0, 0.05) is 29.6 Å². The van der Waals surface area contributed by atoms with E-state index in [0.29, 0.717) is 0 Å². The SMILES string of the molecule is CCOC(=O)c1cc(Oc2cc(C)[nH]n2)c(F)cc1N. The first kappa shape index (κ1) is 13.9. The standard InChI is InChI=1S/C13H14FN3O3/c1-3-19-13(18)8-5-11(9(14)6-10(8)15)20-12-4-7(2)16-17-12/h4-6H,3,15H2,1-2H3,(H,16,17). The largest absolute Gasteiger partial charge is 0.462 e. The molecule has 0 aliphatic rings. The number of benzene rings is 1. The molecule has 0 aliphatic heterocycles. The number of carbonyl (C=O) groups excluding carboxylic acids is 1. The molecule has 0 saturated heterocycles. The molecule has 1 heterocycles. The monoisotopic (exact) mass is 279 g/mol. The lowest BCUT2D eigenvalue weighted by atomic mass is 10.1. The van der Waals surface area contributed by atoms with Gasteiger partial charge in [0.25, 0.3) is 0 Å². The minimum atomic E-state index is -0.684. The summed E-state index contributed by atoms with van der Waals surface area (Å²) in [7, 11) is 0. The van der Waals surface area contributed by atoms with E-state index in [9.17, 15) is 9.18 Å². The molecule has 0 spiro atoms. The van der Waals surface area contributed by atoms with Crippen LogP contribution in [0.1, 0.15) is 23.0 Å². The van der Waals surface area contributed by atoms with Gasteiger partial charge in [-0.05, 0) is 13.8 Å². The van der Waals surface area contributed by atoms with Gasteiger partial charge in [0.15, 0.2) is 11.6 Å². The zero-order chi connectivity index (χ0) is 14.7. The van der Waals surface area contributed by atoms with E-state index in [2.05, 4.69) is 10.2 Å². The number of nitrogens with one attached hydrogen (secondary N) is 1. The number of carbonyl (C=O) groups is 1. The topological polar surface area (TPSA) is 90.2 Å². The van der Waals surface area contributed by atoms with E-state index in [-0.39, 0.29) is 29.5 Å². The molecule has 0 aliphatic carbocycles. The van der Waals surface area contributed by atoms with Crippen LogP contribution in [0.5, 0.6) is 11.6 Å². The highest BCUT2D eigenvalue weighted by molar-refractivity contribution is 5.95. The van der Waals surface area contributed by atoms with Crippen LogP contribution >= 0.6 is 0 Å². The van der Waals surface area contributed by atoms with Gasteiger partial charge < -0.3 is 15.2 Å². The molecule has 6 nitrogen and oxygen atoms in total. The minimum absolute atomic E-state index is 0.00786. The number of esters is 1. The molecule has 2 rings (SSSR count). The molecule has 106 valence electrons. The summed E-state index contributed by atoms with van der Waals surface area (Å²) in [4.78, 5) is 11.7. The van der Waals surface area contributed by atoms with Gasteiger partial charge in [-0.1, -0.05) is 0 Å². The van der Waals surface area contributed by atoms with E-state index in [4.69, 9.17) is 15.2 Å².